The first-order chi connectivity index (χ1) is 17.3. The average Bonchev–Trinajstić information content (AvgIpc) is 3.37. The van der Waals surface area contributed by atoms with Crippen molar-refractivity contribution in [1.82, 2.24) is 9.55 Å². The van der Waals surface area contributed by atoms with E-state index in [-0.39, 0.29) is 16.5 Å². The molecule has 0 unspecified atom stereocenters. The summed E-state index contributed by atoms with van der Waals surface area (Å²) < 4.78 is 40.0. The van der Waals surface area contributed by atoms with E-state index in [2.05, 4.69) is 9.71 Å². The van der Waals surface area contributed by atoms with Crippen LogP contribution in [0.2, 0.25) is 5.02 Å². The van der Waals surface area contributed by atoms with Crippen molar-refractivity contribution in [2.24, 2.45) is 0 Å². The number of nitrogens with one attached hydrogen (secondary N) is 1. The molecule has 0 aliphatic carbocycles. The predicted molar refractivity (Wildman–Crippen MR) is 139 cm³/mol. The molecule has 0 amide bonds. The fourth-order valence-corrected chi connectivity index (χ4v) is 5.05. The molecule has 10 heteroatoms. The van der Waals surface area contributed by atoms with Crippen molar-refractivity contribution in [3.05, 3.63) is 100 Å². The van der Waals surface area contributed by atoms with Gasteiger partial charge in [0.05, 0.1) is 29.4 Å². The van der Waals surface area contributed by atoms with Gasteiger partial charge >= 0.3 is 6.01 Å². The van der Waals surface area contributed by atoms with E-state index in [4.69, 9.17) is 20.8 Å². The van der Waals surface area contributed by atoms with Gasteiger partial charge in [-0.1, -0.05) is 23.7 Å². The number of sulfonamides is 1. The molecule has 0 saturated heterocycles. The number of pyridine rings is 1. The van der Waals surface area contributed by atoms with Crippen molar-refractivity contribution in [2.45, 2.75) is 11.8 Å². The maximum atomic E-state index is 13.0. The zero-order valence-electron chi connectivity index (χ0n) is 19.2. The van der Waals surface area contributed by atoms with Gasteiger partial charge in [0, 0.05) is 16.5 Å². The SMILES string of the molecule is COc1cc(-c2ccc(Cl)c(C)c2)ccc1-n1c(=O)ccc2cc(S(=O)(=O)Nc3ncco3)ccc21. The minimum absolute atomic E-state index is 0.00109. The molecule has 5 rings (SSSR count). The van der Waals surface area contributed by atoms with E-state index >= 15 is 0 Å². The number of hydrogen-bond acceptors (Lipinski definition) is 6. The van der Waals surface area contributed by atoms with E-state index in [1.165, 1.54) is 42.3 Å². The van der Waals surface area contributed by atoms with Gasteiger partial charge in [-0.15, -0.1) is 0 Å². The molecule has 0 atom stereocenters. The largest absolute Gasteiger partial charge is 0.495 e. The summed E-state index contributed by atoms with van der Waals surface area (Å²) in [5.74, 6) is 0.483. The molecular formula is C26H20ClN3O5S. The standard InChI is InChI=1S/C26H20ClN3O5S/c1-16-13-17(3-7-21(16)27)18-4-8-23(24(15-18)34-2)30-22-9-6-20(14-19(22)5-10-25(30)31)36(32,33)29-26-28-11-12-35-26/h3-15H,1-2H3,(H,28,29). The maximum absolute atomic E-state index is 13.0. The minimum atomic E-state index is -3.95. The highest BCUT2D eigenvalue weighted by Gasteiger charge is 2.19. The smallest absolute Gasteiger partial charge is 0.308 e. The van der Waals surface area contributed by atoms with Gasteiger partial charge in [-0.05, 0) is 72.1 Å². The van der Waals surface area contributed by atoms with Gasteiger partial charge in [-0.3, -0.25) is 9.36 Å². The number of methoxy groups -OCH3 is 1. The Morgan fingerprint density at radius 1 is 1.00 bits per heavy atom. The van der Waals surface area contributed by atoms with Crippen LogP contribution >= 0.6 is 11.6 Å². The quantitative estimate of drug-likeness (QED) is 0.320. The number of nitrogens with zero attached hydrogens (tertiary/aromatic N) is 2. The number of anilines is 1. The molecule has 3 aromatic carbocycles. The molecule has 36 heavy (non-hydrogen) atoms. The molecular weight excluding hydrogens is 502 g/mol. The number of oxazole rings is 1. The Labute approximate surface area is 211 Å². The van der Waals surface area contributed by atoms with E-state index < -0.39 is 10.0 Å². The molecule has 0 bridgehead atoms. The molecule has 2 heterocycles. The van der Waals surface area contributed by atoms with E-state index in [0.29, 0.717) is 27.4 Å². The fraction of sp³-hybridized carbons (Fsp3) is 0.0769. The van der Waals surface area contributed by atoms with E-state index in [9.17, 15) is 13.2 Å². The van der Waals surface area contributed by atoms with Crippen LogP contribution in [0.1, 0.15) is 5.56 Å². The molecule has 2 aromatic heterocycles. The first-order valence-electron chi connectivity index (χ1n) is 10.8. The van der Waals surface area contributed by atoms with Gasteiger partial charge in [-0.25, -0.2) is 18.1 Å². The van der Waals surface area contributed by atoms with Gasteiger partial charge in [0.15, 0.2) is 0 Å². The highest BCUT2D eigenvalue weighted by molar-refractivity contribution is 7.92. The monoisotopic (exact) mass is 521 g/mol. The molecule has 8 nitrogen and oxygen atoms in total. The van der Waals surface area contributed by atoms with Gasteiger partial charge in [-0.2, -0.15) is 0 Å². The molecule has 0 aliphatic rings. The number of aromatic nitrogens is 2. The summed E-state index contributed by atoms with van der Waals surface area (Å²) in [6, 6.07) is 18.6. The fourth-order valence-electron chi connectivity index (χ4n) is 3.95. The van der Waals surface area contributed by atoms with Crippen LogP contribution < -0.4 is 15.0 Å². The Morgan fingerprint density at radius 2 is 1.78 bits per heavy atom. The lowest BCUT2D eigenvalue weighted by atomic mass is 10.0. The van der Waals surface area contributed by atoms with Crippen molar-refractivity contribution >= 4 is 38.5 Å². The van der Waals surface area contributed by atoms with Gasteiger partial charge < -0.3 is 9.15 Å². The average molecular weight is 522 g/mol. The highest BCUT2D eigenvalue weighted by atomic mass is 35.5. The van der Waals surface area contributed by atoms with Crippen molar-refractivity contribution in [3.8, 4) is 22.6 Å². The molecule has 0 saturated carbocycles. The molecule has 0 spiro atoms. The summed E-state index contributed by atoms with van der Waals surface area (Å²) in [6.45, 7) is 1.93. The van der Waals surface area contributed by atoms with E-state index in [1.54, 1.807) is 18.2 Å². The number of fused-ring (bicyclic) bond motifs is 1. The van der Waals surface area contributed by atoms with Crippen LogP contribution in [-0.4, -0.2) is 25.1 Å². The summed E-state index contributed by atoms with van der Waals surface area (Å²) >= 11 is 6.17. The topological polar surface area (TPSA) is 103 Å². The number of hydrogen-bond donors (Lipinski definition) is 1. The van der Waals surface area contributed by atoms with Crippen LogP contribution in [0.5, 0.6) is 5.75 Å². The van der Waals surface area contributed by atoms with Gasteiger partial charge in [0.2, 0.25) is 0 Å². The molecule has 1 N–H and O–H groups in total. The lowest BCUT2D eigenvalue weighted by molar-refractivity contribution is 0.413. The third-order valence-electron chi connectivity index (χ3n) is 5.74. The number of aryl methyl sites for hydroxylation is 1. The number of benzene rings is 3. The van der Waals surface area contributed by atoms with Crippen LogP contribution in [0, 0.1) is 6.92 Å². The van der Waals surface area contributed by atoms with E-state index in [0.717, 1.165) is 16.7 Å². The summed E-state index contributed by atoms with van der Waals surface area (Å²) in [6.07, 6.45) is 2.60. The Balaban J connectivity index is 1.61. The third-order valence-corrected chi connectivity index (χ3v) is 7.48. The van der Waals surface area contributed by atoms with Crippen molar-refractivity contribution < 1.29 is 17.6 Å². The normalized spacial score (nSPS) is 11.5. The van der Waals surface area contributed by atoms with Crippen LogP contribution in [0.3, 0.4) is 0 Å². The summed E-state index contributed by atoms with van der Waals surface area (Å²) in [4.78, 5) is 16.8. The summed E-state index contributed by atoms with van der Waals surface area (Å²) in [5.41, 5.74) is 3.56. The zero-order chi connectivity index (χ0) is 25.4. The third kappa shape index (κ3) is 4.34. The Bertz CT molecular complexity index is 1760. The minimum Gasteiger partial charge on any atom is -0.495 e. The molecule has 5 aromatic rings. The highest BCUT2D eigenvalue weighted by Crippen LogP contribution is 2.32. The van der Waals surface area contributed by atoms with Crippen molar-refractivity contribution in [1.29, 1.82) is 0 Å². The predicted octanol–water partition coefficient (Wildman–Crippen LogP) is 5.42. The first-order valence-corrected chi connectivity index (χ1v) is 12.7. The van der Waals surface area contributed by atoms with E-state index in [1.807, 2.05) is 37.3 Å². The number of ether oxygens (including phenoxy) is 1. The zero-order valence-corrected chi connectivity index (χ0v) is 20.8. The molecule has 0 aliphatic heterocycles. The lowest BCUT2D eigenvalue weighted by Crippen LogP contribution is -2.18. The van der Waals surface area contributed by atoms with Gasteiger partial charge in [0.1, 0.15) is 12.0 Å². The molecule has 0 fully saturated rings. The molecule has 182 valence electrons. The second kappa shape index (κ2) is 9.18. The van der Waals surface area contributed by atoms with Crippen LogP contribution in [0.4, 0.5) is 6.01 Å². The second-order valence-electron chi connectivity index (χ2n) is 8.02. The van der Waals surface area contributed by atoms with Crippen LogP contribution in [0.15, 0.2) is 93.3 Å². The van der Waals surface area contributed by atoms with Crippen LogP contribution in [-0.2, 0) is 10.0 Å². The van der Waals surface area contributed by atoms with Crippen molar-refractivity contribution in [3.63, 3.8) is 0 Å². The van der Waals surface area contributed by atoms with Crippen LogP contribution in [0.25, 0.3) is 27.7 Å². The maximum Gasteiger partial charge on any atom is 0.308 e. The van der Waals surface area contributed by atoms with Gasteiger partial charge in [0.25, 0.3) is 15.6 Å². The summed E-state index contributed by atoms with van der Waals surface area (Å²) in [7, 11) is -2.41. The first kappa shape index (κ1) is 23.7. The summed E-state index contributed by atoms with van der Waals surface area (Å²) in [5, 5.41) is 1.23. The molecule has 0 radical (unpaired) electrons. The lowest BCUT2D eigenvalue weighted by Gasteiger charge is -2.16. The Morgan fingerprint density at radius 3 is 2.50 bits per heavy atom. The Kier molecular flexibility index (Phi) is 6.03. The second-order valence-corrected chi connectivity index (χ2v) is 10.1. The number of rotatable bonds is 6. The van der Waals surface area contributed by atoms with Crippen molar-refractivity contribution in [2.75, 3.05) is 11.8 Å². The number of halogens is 1. The Hall–Kier alpha value is -4.08.